The molecule has 1 fully saturated rings. The van der Waals surface area contributed by atoms with Crippen LogP contribution < -0.4 is 0 Å². The lowest BCUT2D eigenvalue weighted by atomic mass is 9.94. The summed E-state index contributed by atoms with van der Waals surface area (Å²) in [6.45, 7) is 3.14. The summed E-state index contributed by atoms with van der Waals surface area (Å²) in [5, 5.41) is 0.625. The second-order valence-electron chi connectivity index (χ2n) is 10.6. The Labute approximate surface area is 255 Å². The van der Waals surface area contributed by atoms with Crippen LogP contribution in [0.4, 0.5) is 4.79 Å². The molecule has 42 heavy (non-hydrogen) atoms. The average molecular weight is 608 g/mol. The fraction of sp³-hybridized carbons (Fsp3) is 0.364. The van der Waals surface area contributed by atoms with Crippen molar-refractivity contribution in [1.82, 2.24) is 14.1 Å². The minimum Gasteiger partial charge on any atom is -0.445 e. The molecule has 0 N–H and O–H groups in total. The lowest BCUT2D eigenvalue weighted by molar-refractivity contribution is 0.0663. The standard InChI is InChI=1S/C33H38ClN3O4S/c1-3-20-37(33(38)41-26-27-11-6-4-7-12-27)31-18-22-36(23-19-31)21-17-29(28-13-10-14-30(34)24-28)25-35(2)42(39,40)32-15-8-5-9-16-32/h1,4-16,24,29,31H,17-23,25-26H2,2H3/t29-/m1/s1. The highest BCUT2D eigenvalue weighted by molar-refractivity contribution is 7.89. The van der Waals surface area contributed by atoms with E-state index in [2.05, 4.69) is 10.8 Å². The van der Waals surface area contributed by atoms with E-state index in [9.17, 15) is 13.2 Å². The van der Waals surface area contributed by atoms with E-state index in [4.69, 9.17) is 22.8 Å². The van der Waals surface area contributed by atoms with E-state index < -0.39 is 10.0 Å². The topological polar surface area (TPSA) is 70.2 Å². The normalized spacial score (nSPS) is 15.2. The van der Waals surface area contributed by atoms with Gasteiger partial charge in [-0.25, -0.2) is 17.5 Å². The minimum absolute atomic E-state index is 0.00597. The van der Waals surface area contributed by atoms with E-state index >= 15 is 0 Å². The molecule has 0 unspecified atom stereocenters. The van der Waals surface area contributed by atoms with Crippen molar-refractivity contribution in [1.29, 1.82) is 0 Å². The van der Waals surface area contributed by atoms with E-state index in [-0.39, 0.29) is 36.1 Å². The summed E-state index contributed by atoms with van der Waals surface area (Å²) in [4.78, 5) is 17.2. The van der Waals surface area contributed by atoms with Crippen molar-refractivity contribution < 1.29 is 17.9 Å². The number of likely N-dealkylation sites (tertiary alicyclic amines) is 1. The van der Waals surface area contributed by atoms with Crippen LogP contribution >= 0.6 is 11.6 Å². The van der Waals surface area contributed by atoms with Crippen molar-refractivity contribution in [3.8, 4) is 12.3 Å². The average Bonchev–Trinajstić information content (AvgIpc) is 3.02. The van der Waals surface area contributed by atoms with Crippen LogP contribution in [-0.2, 0) is 21.4 Å². The van der Waals surface area contributed by atoms with Crippen molar-refractivity contribution in [3.05, 3.63) is 101 Å². The SMILES string of the molecule is C#CCN(C(=O)OCc1ccccc1)C1CCN(CC[C@H](CN(C)S(=O)(=O)c2ccccc2)c2cccc(Cl)c2)CC1. The smallest absolute Gasteiger partial charge is 0.411 e. The van der Waals surface area contributed by atoms with Crippen LogP contribution in [0, 0.1) is 12.3 Å². The Balaban J connectivity index is 1.35. The predicted octanol–water partition coefficient (Wildman–Crippen LogP) is 5.87. The first-order chi connectivity index (χ1) is 20.3. The van der Waals surface area contributed by atoms with Crippen LogP contribution in [0.3, 0.4) is 0 Å². The highest BCUT2D eigenvalue weighted by atomic mass is 35.5. The number of rotatable bonds is 12. The number of hydrogen-bond acceptors (Lipinski definition) is 5. The summed E-state index contributed by atoms with van der Waals surface area (Å²) in [5.74, 6) is 2.56. The van der Waals surface area contributed by atoms with Gasteiger partial charge in [-0.05, 0) is 67.1 Å². The molecule has 7 nitrogen and oxygen atoms in total. The van der Waals surface area contributed by atoms with E-state index in [0.717, 1.165) is 50.0 Å². The maximum absolute atomic E-state index is 13.2. The highest BCUT2D eigenvalue weighted by Gasteiger charge is 2.30. The number of terminal acetylenes is 1. The number of ether oxygens (including phenoxy) is 1. The van der Waals surface area contributed by atoms with Crippen LogP contribution in [0.2, 0.25) is 5.02 Å². The molecule has 1 aliphatic heterocycles. The van der Waals surface area contributed by atoms with Gasteiger partial charge >= 0.3 is 6.09 Å². The maximum Gasteiger partial charge on any atom is 0.411 e. The van der Waals surface area contributed by atoms with Gasteiger partial charge in [0.05, 0.1) is 11.4 Å². The molecule has 1 atom stereocenters. The Morgan fingerprint density at radius 2 is 1.71 bits per heavy atom. The molecule has 1 heterocycles. The van der Waals surface area contributed by atoms with Gasteiger partial charge in [-0.1, -0.05) is 78.2 Å². The molecule has 4 rings (SSSR count). The largest absolute Gasteiger partial charge is 0.445 e. The third-order valence-corrected chi connectivity index (χ3v) is 9.81. The summed E-state index contributed by atoms with van der Waals surface area (Å²) in [5.41, 5.74) is 1.94. The van der Waals surface area contributed by atoms with E-state index in [0.29, 0.717) is 11.6 Å². The fourth-order valence-electron chi connectivity index (χ4n) is 5.34. The van der Waals surface area contributed by atoms with Crippen LogP contribution in [0.15, 0.2) is 89.8 Å². The quantitative estimate of drug-likeness (QED) is 0.241. The lowest BCUT2D eigenvalue weighted by Crippen LogP contribution is -2.48. The highest BCUT2D eigenvalue weighted by Crippen LogP contribution is 2.27. The Hall–Kier alpha value is -3.35. The van der Waals surface area contributed by atoms with Crippen LogP contribution in [0.1, 0.15) is 36.3 Å². The third kappa shape index (κ3) is 8.59. The Morgan fingerprint density at radius 3 is 2.36 bits per heavy atom. The van der Waals surface area contributed by atoms with Gasteiger partial charge in [-0.15, -0.1) is 6.42 Å². The van der Waals surface area contributed by atoms with Crippen LogP contribution in [0.5, 0.6) is 0 Å². The first-order valence-corrected chi connectivity index (χ1v) is 16.0. The molecule has 1 aliphatic rings. The molecule has 1 amide bonds. The molecule has 0 aliphatic carbocycles. The van der Waals surface area contributed by atoms with Gasteiger partial charge in [-0.3, -0.25) is 4.90 Å². The van der Waals surface area contributed by atoms with E-state index in [1.54, 1.807) is 42.3 Å². The molecule has 0 bridgehead atoms. The molecule has 0 aromatic heterocycles. The maximum atomic E-state index is 13.2. The van der Waals surface area contributed by atoms with Crippen molar-refractivity contribution in [2.75, 3.05) is 39.8 Å². The van der Waals surface area contributed by atoms with Crippen LogP contribution in [0.25, 0.3) is 0 Å². The fourth-order valence-corrected chi connectivity index (χ4v) is 6.78. The number of benzene rings is 3. The summed E-state index contributed by atoms with van der Waals surface area (Å²) in [6.07, 6.45) is 7.53. The Morgan fingerprint density at radius 1 is 1.05 bits per heavy atom. The zero-order chi connectivity index (χ0) is 30.0. The molecule has 0 saturated carbocycles. The summed E-state index contributed by atoms with van der Waals surface area (Å²) in [6, 6.07) is 25.7. The first kappa shape index (κ1) is 31.6. The number of halogens is 1. The second-order valence-corrected chi connectivity index (χ2v) is 13.1. The number of carbonyl (C=O) groups is 1. The van der Waals surface area contributed by atoms with Gasteiger partial charge in [0.15, 0.2) is 0 Å². The minimum atomic E-state index is -3.63. The second kappa shape index (κ2) is 15.2. The third-order valence-electron chi connectivity index (χ3n) is 7.74. The molecule has 3 aromatic rings. The van der Waals surface area contributed by atoms with Crippen molar-refractivity contribution in [3.63, 3.8) is 0 Å². The number of piperidine rings is 1. The number of hydrogen-bond donors (Lipinski definition) is 0. The monoisotopic (exact) mass is 607 g/mol. The van der Waals surface area contributed by atoms with Crippen LogP contribution in [-0.4, -0.2) is 74.4 Å². The van der Waals surface area contributed by atoms with Gasteiger partial charge in [-0.2, -0.15) is 0 Å². The summed E-state index contributed by atoms with van der Waals surface area (Å²) < 4.78 is 33.5. The van der Waals surface area contributed by atoms with E-state index in [1.165, 1.54) is 4.31 Å². The summed E-state index contributed by atoms with van der Waals surface area (Å²) >= 11 is 6.32. The molecular weight excluding hydrogens is 570 g/mol. The van der Waals surface area contributed by atoms with Gasteiger partial charge in [0.1, 0.15) is 6.61 Å². The van der Waals surface area contributed by atoms with Crippen molar-refractivity contribution >= 4 is 27.7 Å². The number of likely N-dealkylation sites (N-methyl/N-ethyl adjacent to an activating group) is 1. The first-order valence-electron chi connectivity index (χ1n) is 14.2. The zero-order valence-corrected chi connectivity index (χ0v) is 25.5. The number of carbonyl (C=O) groups excluding carboxylic acids is 1. The van der Waals surface area contributed by atoms with Gasteiger partial charge in [0.2, 0.25) is 10.0 Å². The van der Waals surface area contributed by atoms with Crippen molar-refractivity contribution in [2.24, 2.45) is 0 Å². The summed E-state index contributed by atoms with van der Waals surface area (Å²) in [7, 11) is -2.00. The van der Waals surface area contributed by atoms with Gasteiger partial charge in [0, 0.05) is 37.7 Å². The Bertz CT molecular complexity index is 1440. The molecule has 0 spiro atoms. The lowest BCUT2D eigenvalue weighted by Gasteiger charge is -2.37. The Kier molecular flexibility index (Phi) is 11.4. The van der Waals surface area contributed by atoms with Gasteiger partial charge < -0.3 is 9.64 Å². The van der Waals surface area contributed by atoms with Crippen molar-refractivity contribution in [2.45, 2.75) is 42.7 Å². The number of nitrogens with zero attached hydrogens (tertiary/aromatic N) is 3. The molecule has 3 aromatic carbocycles. The molecule has 0 radical (unpaired) electrons. The molecule has 9 heteroatoms. The molecule has 1 saturated heterocycles. The zero-order valence-electron chi connectivity index (χ0n) is 23.9. The number of sulfonamides is 1. The van der Waals surface area contributed by atoms with E-state index in [1.807, 2.05) is 54.6 Å². The molecule has 222 valence electrons. The number of amides is 1. The van der Waals surface area contributed by atoms with Gasteiger partial charge in [0.25, 0.3) is 0 Å². The predicted molar refractivity (Wildman–Crippen MR) is 167 cm³/mol. The molecular formula is C33H38ClN3O4S.